The zero-order valence-electron chi connectivity index (χ0n) is 39.6. The van der Waals surface area contributed by atoms with Crippen LogP contribution in [-0.2, 0) is 19.2 Å². The largest absolute Gasteiger partial charge is 0.489 e. The summed E-state index contributed by atoms with van der Waals surface area (Å²) in [6.45, 7) is 5.02. The summed E-state index contributed by atoms with van der Waals surface area (Å²) in [6.07, 6.45) is 12.6. The van der Waals surface area contributed by atoms with E-state index in [1.54, 1.807) is 48.7 Å². The number of hydrogen-bond donors (Lipinski definition) is 3. The number of fused-ring (bicyclic) bond motifs is 2. The van der Waals surface area contributed by atoms with Crippen LogP contribution in [0, 0.1) is 23.6 Å². The maximum absolute atomic E-state index is 14.1. The van der Waals surface area contributed by atoms with Crippen LogP contribution in [0.15, 0.2) is 66.9 Å². The minimum absolute atomic E-state index is 0.00639. The highest BCUT2D eigenvalue weighted by atomic mass is 35.5. The van der Waals surface area contributed by atoms with Crippen LogP contribution in [0.25, 0.3) is 10.9 Å². The predicted molar refractivity (Wildman–Crippen MR) is 263 cm³/mol. The average molecular weight is 975 g/mol. The van der Waals surface area contributed by atoms with Gasteiger partial charge in [0.2, 0.25) is 23.6 Å². The second-order valence-corrected chi connectivity index (χ2v) is 20.8. The molecule has 0 bridgehead atoms. The lowest BCUT2D eigenvalue weighted by atomic mass is 9.73. The maximum atomic E-state index is 14.1. The monoisotopic (exact) mass is 973 g/mol. The Morgan fingerprint density at radius 2 is 1.51 bits per heavy atom. The Balaban J connectivity index is 0.637. The SMILES string of the molecule is C[C@@H](C(=O)Nc1ccc(Cl)c(OC2CCN(C(=O)C3CCN(C4CCC(Nc5ccc6c(c5)C(=O)N(C5CCC(=O)NC5=O)C6=O)CC4)CC3)CC2)c1)[C@H]1CC[C@@H](c2ccnc3ccc(F)cc32)CC1. The number of benzene rings is 3. The molecule has 70 heavy (non-hydrogen) atoms. The number of imide groups is 2. The molecule has 6 aliphatic rings. The smallest absolute Gasteiger partial charge is 0.262 e. The number of carbonyl (C=O) groups excluding carboxylic acids is 6. The molecule has 1 unspecified atom stereocenters. The van der Waals surface area contributed by atoms with E-state index in [1.165, 1.54) is 6.07 Å². The van der Waals surface area contributed by atoms with Gasteiger partial charge in [-0.15, -0.1) is 0 Å². The zero-order valence-corrected chi connectivity index (χ0v) is 40.4. The highest BCUT2D eigenvalue weighted by Gasteiger charge is 2.45. The van der Waals surface area contributed by atoms with Crippen LogP contribution >= 0.6 is 11.6 Å². The molecular formula is C54H61ClFN7O7. The number of pyridine rings is 1. The third-order valence-corrected chi connectivity index (χ3v) is 16.5. The van der Waals surface area contributed by atoms with E-state index in [1.807, 2.05) is 24.0 Å². The molecule has 1 aromatic heterocycles. The summed E-state index contributed by atoms with van der Waals surface area (Å²) in [4.78, 5) is 87.8. The molecule has 3 aromatic carbocycles. The summed E-state index contributed by atoms with van der Waals surface area (Å²) in [5.41, 5.74) is 3.87. The molecule has 2 atom stereocenters. The van der Waals surface area contributed by atoms with Gasteiger partial charge in [-0.2, -0.15) is 0 Å². The van der Waals surface area contributed by atoms with Crippen molar-refractivity contribution in [2.45, 2.75) is 127 Å². The van der Waals surface area contributed by atoms with E-state index in [4.69, 9.17) is 16.3 Å². The first-order valence-electron chi connectivity index (χ1n) is 25.3. The van der Waals surface area contributed by atoms with Crippen molar-refractivity contribution < 1.29 is 37.9 Å². The van der Waals surface area contributed by atoms with Crippen molar-refractivity contribution >= 4 is 69.3 Å². The predicted octanol–water partition coefficient (Wildman–Crippen LogP) is 8.48. The van der Waals surface area contributed by atoms with Crippen molar-refractivity contribution in [3.8, 4) is 5.75 Å². The first kappa shape index (κ1) is 47.7. The molecule has 10 rings (SSSR count). The van der Waals surface area contributed by atoms with Crippen LogP contribution in [0.1, 0.15) is 129 Å². The van der Waals surface area contributed by atoms with Crippen LogP contribution in [0.2, 0.25) is 5.02 Å². The minimum atomic E-state index is -0.991. The first-order chi connectivity index (χ1) is 33.9. The number of aromatic nitrogens is 1. The Morgan fingerprint density at radius 1 is 0.786 bits per heavy atom. The van der Waals surface area contributed by atoms with Crippen molar-refractivity contribution in [2.24, 2.45) is 17.8 Å². The molecule has 6 amide bonds. The zero-order chi connectivity index (χ0) is 48.6. The fourth-order valence-corrected chi connectivity index (χ4v) is 12.3. The van der Waals surface area contributed by atoms with E-state index >= 15 is 0 Å². The summed E-state index contributed by atoms with van der Waals surface area (Å²) in [7, 11) is 0. The number of likely N-dealkylation sites (tertiary alicyclic amines) is 2. The van der Waals surface area contributed by atoms with E-state index in [0.29, 0.717) is 54.4 Å². The van der Waals surface area contributed by atoms with E-state index in [2.05, 4.69) is 25.8 Å². The quantitative estimate of drug-likeness (QED) is 0.124. The van der Waals surface area contributed by atoms with Crippen molar-refractivity contribution in [1.29, 1.82) is 0 Å². The Labute approximate surface area is 412 Å². The van der Waals surface area contributed by atoms with Crippen LogP contribution in [0.3, 0.4) is 0 Å². The number of anilines is 2. The molecule has 3 saturated heterocycles. The second-order valence-electron chi connectivity index (χ2n) is 20.4. The molecule has 368 valence electrons. The Kier molecular flexibility index (Phi) is 13.9. The number of carbonyl (C=O) groups is 6. The maximum Gasteiger partial charge on any atom is 0.262 e. The lowest BCUT2D eigenvalue weighted by Gasteiger charge is -2.42. The number of ether oxygens (including phenoxy) is 1. The van der Waals surface area contributed by atoms with Gasteiger partial charge >= 0.3 is 0 Å². The molecule has 5 fully saturated rings. The lowest BCUT2D eigenvalue weighted by molar-refractivity contribution is -0.139. The number of amides is 6. The third kappa shape index (κ3) is 10.0. The van der Waals surface area contributed by atoms with Crippen LogP contribution in [-0.4, -0.2) is 106 Å². The summed E-state index contributed by atoms with van der Waals surface area (Å²) in [5.74, 6) is -1.24. The van der Waals surface area contributed by atoms with Gasteiger partial charge in [0.15, 0.2) is 0 Å². The van der Waals surface area contributed by atoms with Gasteiger partial charge in [0.1, 0.15) is 23.7 Å². The molecule has 4 aliphatic heterocycles. The van der Waals surface area contributed by atoms with Gasteiger partial charge < -0.3 is 25.2 Å². The van der Waals surface area contributed by atoms with Gasteiger partial charge in [-0.1, -0.05) is 18.5 Å². The molecule has 2 aliphatic carbocycles. The standard InChI is InChI=1S/C54H61ClFN7O7/c1-31(32-2-4-33(5-3-32)41-18-23-57-46-15-6-35(56)28-43(41)46)50(65)59-38-10-14-45(55)48(30-38)70-40-21-26-62(27-22-40)52(67)34-19-24-61(25-20-34)39-11-7-36(8-12-39)58-37-9-13-42-44(29-37)54(69)63(53(42)68)47-16-17-49(64)60-51(47)66/h6,9-10,13-15,18,23,28-34,36,39-40,47,58H,2-5,7-8,11-12,16-17,19-22,24-27H2,1H3,(H,59,65)(H,60,64,66)/t31-,32-,33+,36?,39?,47?/m1/s1. The summed E-state index contributed by atoms with van der Waals surface area (Å²) in [6, 6.07) is 17.0. The molecule has 0 spiro atoms. The Bertz CT molecular complexity index is 2690. The molecule has 2 saturated carbocycles. The highest BCUT2D eigenvalue weighted by Crippen LogP contribution is 2.42. The van der Waals surface area contributed by atoms with Gasteiger partial charge in [0, 0.05) is 85.3 Å². The fraction of sp³-hybridized carbons (Fsp3) is 0.500. The van der Waals surface area contributed by atoms with Gasteiger partial charge in [-0.25, -0.2) is 4.39 Å². The number of nitrogens with zero attached hydrogens (tertiary/aromatic N) is 4. The van der Waals surface area contributed by atoms with Crippen LogP contribution in [0.4, 0.5) is 15.8 Å². The van der Waals surface area contributed by atoms with Crippen LogP contribution < -0.4 is 20.7 Å². The van der Waals surface area contributed by atoms with Crippen molar-refractivity contribution in [1.82, 2.24) is 25.0 Å². The lowest BCUT2D eigenvalue weighted by Crippen LogP contribution is -2.54. The van der Waals surface area contributed by atoms with Crippen molar-refractivity contribution in [3.63, 3.8) is 0 Å². The molecule has 5 heterocycles. The van der Waals surface area contributed by atoms with Gasteiger partial charge in [0.25, 0.3) is 11.8 Å². The topological polar surface area (TPSA) is 170 Å². The number of halogens is 2. The minimum Gasteiger partial charge on any atom is -0.489 e. The van der Waals surface area contributed by atoms with Gasteiger partial charge in [-0.05, 0) is 156 Å². The molecule has 3 N–H and O–H groups in total. The van der Waals surface area contributed by atoms with E-state index in [0.717, 1.165) is 104 Å². The average Bonchev–Trinajstić information content (AvgIpc) is 3.62. The number of hydrogen-bond acceptors (Lipinski definition) is 10. The molecule has 16 heteroatoms. The van der Waals surface area contributed by atoms with Crippen LogP contribution in [0.5, 0.6) is 5.75 Å². The molecular weight excluding hydrogens is 913 g/mol. The fourth-order valence-electron chi connectivity index (χ4n) is 12.1. The van der Waals surface area contributed by atoms with E-state index in [-0.39, 0.29) is 71.5 Å². The number of piperidine rings is 3. The number of rotatable bonds is 11. The van der Waals surface area contributed by atoms with E-state index < -0.39 is 29.7 Å². The summed E-state index contributed by atoms with van der Waals surface area (Å²) in [5, 5.41) is 10.3. The summed E-state index contributed by atoms with van der Waals surface area (Å²) < 4.78 is 20.5. The normalized spacial score (nSPS) is 25.4. The Hall–Kier alpha value is -5.93. The molecule has 4 aromatic rings. The second kappa shape index (κ2) is 20.4. The third-order valence-electron chi connectivity index (χ3n) is 16.2. The first-order valence-corrected chi connectivity index (χ1v) is 25.7. The summed E-state index contributed by atoms with van der Waals surface area (Å²) >= 11 is 6.62. The Morgan fingerprint density at radius 3 is 2.26 bits per heavy atom. The van der Waals surface area contributed by atoms with Crippen molar-refractivity contribution in [2.75, 3.05) is 36.8 Å². The molecule has 14 nitrogen and oxygen atoms in total. The molecule has 0 radical (unpaired) electrons. The van der Waals surface area contributed by atoms with Gasteiger partial charge in [0.05, 0.1) is 21.7 Å². The van der Waals surface area contributed by atoms with E-state index in [9.17, 15) is 33.2 Å². The number of nitrogens with one attached hydrogen (secondary N) is 3. The highest BCUT2D eigenvalue weighted by molar-refractivity contribution is 6.32. The van der Waals surface area contributed by atoms with Crippen molar-refractivity contribution in [3.05, 3.63) is 94.4 Å². The van der Waals surface area contributed by atoms with Gasteiger partial charge in [-0.3, -0.25) is 44.0 Å².